The van der Waals surface area contributed by atoms with Crippen molar-refractivity contribution in [3.8, 4) is 23.1 Å². The quantitative estimate of drug-likeness (QED) is 0.296. The summed E-state index contributed by atoms with van der Waals surface area (Å²) in [5.74, 6) is -0.851. The van der Waals surface area contributed by atoms with Gasteiger partial charge in [-0.2, -0.15) is 23.0 Å². The van der Waals surface area contributed by atoms with E-state index in [0.29, 0.717) is 17.8 Å². The molecule has 0 saturated carbocycles. The van der Waals surface area contributed by atoms with Gasteiger partial charge in [0.15, 0.2) is 21.2 Å². The molecule has 0 bridgehead atoms. The smallest absolute Gasteiger partial charge is 0.435 e. The van der Waals surface area contributed by atoms with Crippen LogP contribution in [0.15, 0.2) is 86.0 Å². The lowest BCUT2D eigenvalue weighted by Gasteiger charge is -2.08. The Morgan fingerprint density at radius 1 is 0.949 bits per heavy atom. The Kier molecular flexibility index (Phi) is 6.18. The lowest BCUT2D eigenvalue weighted by atomic mass is 10.3. The fourth-order valence-corrected chi connectivity index (χ4v) is 5.45. The molecular formula is C23H16F3N5O6S2. The molecule has 0 radical (unpaired) electrons. The fraction of sp³-hybridized carbons (Fsp3) is 0.130. The van der Waals surface area contributed by atoms with Gasteiger partial charge in [-0.25, -0.2) is 36.2 Å². The van der Waals surface area contributed by atoms with Crippen molar-refractivity contribution in [1.29, 1.82) is 0 Å². The molecule has 0 amide bonds. The number of fused-ring (bicyclic) bond motifs is 1. The van der Waals surface area contributed by atoms with Crippen LogP contribution in [0.1, 0.15) is 6.92 Å². The van der Waals surface area contributed by atoms with E-state index in [1.165, 1.54) is 30.0 Å². The Morgan fingerprint density at radius 2 is 1.67 bits per heavy atom. The molecule has 2 aromatic carbocycles. The van der Waals surface area contributed by atoms with Crippen LogP contribution in [-0.2, 0) is 19.7 Å². The van der Waals surface area contributed by atoms with Crippen LogP contribution in [0.5, 0.6) is 0 Å². The second-order valence-corrected chi connectivity index (χ2v) is 12.2. The Labute approximate surface area is 218 Å². The highest BCUT2D eigenvalue weighted by Crippen LogP contribution is 2.34. The van der Waals surface area contributed by atoms with Gasteiger partial charge >= 0.3 is 11.2 Å². The third-order valence-electron chi connectivity index (χ3n) is 5.66. The van der Waals surface area contributed by atoms with Gasteiger partial charge in [0.25, 0.3) is 9.84 Å². The molecule has 3 aromatic heterocycles. The van der Waals surface area contributed by atoms with Crippen molar-refractivity contribution in [1.82, 2.24) is 24.3 Å². The first-order chi connectivity index (χ1) is 18.3. The first-order valence-electron chi connectivity index (χ1n) is 11.0. The van der Waals surface area contributed by atoms with Gasteiger partial charge < -0.3 is 4.42 Å². The van der Waals surface area contributed by atoms with Crippen molar-refractivity contribution < 1.29 is 34.4 Å². The summed E-state index contributed by atoms with van der Waals surface area (Å²) in [5.41, 5.74) is -6.39. The highest BCUT2D eigenvalue weighted by Gasteiger charge is 2.47. The largest absolute Gasteiger partial charge is 0.501 e. The maximum atomic E-state index is 13.0. The average molecular weight is 580 g/mol. The summed E-state index contributed by atoms with van der Waals surface area (Å²) in [6.07, 6.45) is 1.25. The minimum absolute atomic E-state index is 0.0951. The number of halogens is 3. The Morgan fingerprint density at radius 3 is 2.33 bits per heavy atom. The maximum Gasteiger partial charge on any atom is 0.501 e. The van der Waals surface area contributed by atoms with Crippen LogP contribution in [0.25, 0.3) is 34.2 Å². The summed E-state index contributed by atoms with van der Waals surface area (Å²) in [5, 5.41) is 4.04. The highest BCUT2D eigenvalue weighted by molar-refractivity contribution is 7.92. The van der Waals surface area contributed by atoms with Gasteiger partial charge in [0, 0.05) is 0 Å². The first-order valence-corrected chi connectivity index (χ1v) is 14.2. The lowest BCUT2D eigenvalue weighted by molar-refractivity contribution is -0.0435. The zero-order chi connectivity index (χ0) is 28.2. The Bertz CT molecular complexity index is 2000. The average Bonchev–Trinajstić information content (AvgIpc) is 3.51. The molecule has 11 nitrogen and oxygen atoms in total. The van der Waals surface area contributed by atoms with E-state index in [1.54, 1.807) is 30.3 Å². The van der Waals surface area contributed by atoms with E-state index in [-0.39, 0.29) is 33.3 Å². The summed E-state index contributed by atoms with van der Waals surface area (Å²) in [6.45, 7) is 1.39. The molecule has 5 rings (SSSR count). The second-order valence-electron chi connectivity index (χ2n) is 8.05. The molecule has 0 N–H and O–H groups in total. The van der Waals surface area contributed by atoms with Crippen LogP contribution in [0.4, 0.5) is 13.2 Å². The normalized spacial score (nSPS) is 12.7. The van der Waals surface area contributed by atoms with E-state index >= 15 is 0 Å². The topological polar surface area (TPSA) is 147 Å². The second kappa shape index (κ2) is 9.16. The molecular weight excluding hydrogens is 563 g/mol. The fourth-order valence-electron chi connectivity index (χ4n) is 3.65. The minimum atomic E-state index is -5.67. The van der Waals surface area contributed by atoms with E-state index < -0.39 is 41.7 Å². The van der Waals surface area contributed by atoms with Crippen molar-refractivity contribution in [2.75, 3.05) is 5.75 Å². The van der Waals surface area contributed by atoms with E-state index in [1.807, 2.05) is 0 Å². The van der Waals surface area contributed by atoms with Crippen molar-refractivity contribution in [2.45, 2.75) is 22.2 Å². The van der Waals surface area contributed by atoms with E-state index in [0.717, 1.165) is 10.7 Å². The SMILES string of the molecule is CCS(=O)(=O)c1ccc(-n2ncn(-c3ccccc3)c2=O)nc1-c1nc2cc(S(=O)(=O)C(F)(F)F)ccc2o1. The number of alkyl halides is 3. The number of sulfone groups is 2. The molecule has 0 aliphatic heterocycles. The molecule has 3 heterocycles. The number of nitrogens with zero attached hydrogens (tertiary/aromatic N) is 5. The number of pyridine rings is 1. The van der Waals surface area contributed by atoms with Gasteiger partial charge in [-0.3, -0.25) is 0 Å². The summed E-state index contributed by atoms with van der Waals surface area (Å²) in [7, 11) is -9.60. The van der Waals surface area contributed by atoms with Crippen LogP contribution < -0.4 is 5.69 Å². The molecule has 0 aliphatic rings. The van der Waals surface area contributed by atoms with Crippen molar-refractivity contribution in [2.24, 2.45) is 0 Å². The Balaban J connectivity index is 1.68. The maximum absolute atomic E-state index is 13.0. The molecule has 0 fully saturated rings. The zero-order valence-corrected chi connectivity index (χ0v) is 21.3. The molecule has 5 aromatic rings. The van der Waals surface area contributed by atoms with Gasteiger partial charge in [0.1, 0.15) is 17.5 Å². The predicted octanol–water partition coefficient (Wildman–Crippen LogP) is 3.31. The van der Waals surface area contributed by atoms with Gasteiger partial charge in [-0.1, -0.05) is 25.1 Å². The minimum Gasteiger partial charge on any atom is -0.435 e. The van der Waals surface area contributed by atoms with Crippen LogP contribution in [0.2, 0.25) is 0 Å². The van der Waals surface area contributed by atoms with Crippen LogP contribution in [-0.4, -0.2) is 52.4 Å². The number of para-hydroxylation sites is 1. The van der Waals surface area contributed by atoms with Crippen LogP contribution >= 0.6 is 0 Å². The molecule has 0 unspecified atom stereocenters. The van der Waals surface area contributed by atoms with Gasteiger partial charge in [-0.15, -0.1) is 0 Å². The van der Waals surface area contributed by atoms with Gasteiger partial charge in [0.05, 0.1) is 21.2 Å². The van der Waals surface area contributed by atoms with Gasteiger partial charge in [-0.05, 0) is 42.5 Å². The van der Waals surface area contributed by atoms with E-state index in [2.05, 4.69) is 15.1 Å². The highest BCUT2D eigenvalue weighted by atomic mass is 32.2. The molecule has 0 saturated heterocycles. The van der Waals surface area contributed by atoms with Gasteiger partial charge in [0.2, 0.25) is 5.89 Å². The van der Waals surface area contributed by atoms with Crippen LogP contribution in [0, 0.1) is 0 Å². The lowest BCUT2D eigenvalue weighted by Crippen LogP contribution is -2.23. The first kappa shape index (κ1) is 26.3. The molecule has 202 valence electrons. The standard InChI is InChI=1S/C23H16F3N5O6S2/c1-2-38(33,34)18-10-11-19(31-22(32)30(13-27-31)14-6-4-3-5-7-14)29-20(18)21-28-16-12-15(8-9-17(16)37-21)39(35,36)23(24,25)26/h3-13H,2H2,1H3. The number of hydrogen-bond donors (Lipinski definition) is 0. The third kappa shape index (κ3) is 4.50. The molecule has 0 spiro atoms. The zero-order valence-electron chi connectivity index (χ0n) is 19.7. The molecule has 16 heteroatoms. The van der Waals surface area contributed by atoms with Crippen molar-refractivity contribution >= 4 is 30.8 Å². The summed E-state index contributed by atoms with van der Waals surface area (Å²) in [4.78, 5) is 19.9. The number of benzene rings is 2. The van der Waals surface area contributed by atoms with Crippen molar-refractivity contribution in [3.63, 3.8) is 0 Å². The number of oxazole rings is 1. The summed E-state index contributed by atoms with van der Waals surface area (Å²) >= 11 is 0. The molecule has 39 heavy (non-hydrogen) atoms. The van der Waals surface area contributed by atoms with Crippen molar-refractivity contribution in [3.05, 3.63) is 77.5 Å². The predicted molar refractivity (Wildman–Crippen MR) is 131 cm³/mol. The summed E-state index contributed by atoms with van der Waals surface area (Å²) in [6, 6.07) is 13.3. The van der Waals surface area contributed by atoms with E-state index in [9.17, 15) is 34.8 Å². The molecule has 0 atom stereocenters. The Hall–Kier alpha value is -4.31. The third-order valence-corrected chi connectivity index (χ3v) is 8.90. The number of aromatic nitrogens is 5. The summed E-state index contributed by atoms with van der Waals surface area (Å²) < 4.78 is 96.0. The van der Waals surface area contributed by atoms with E-state index in [4.69, 9.17) is 4.42 Å². The number of rotatable bonds is 6. The monoisotopic (exact) mass is 579 g/mol. The van der Waals surface area contributed by atoms with Crippen LogP contribution in [0.3, 0.4) is 0 Å². The number of hydrogen-bond acceptors (Lipinski definition) is 9. The molecule has 0 aliphatic carbocycles.